The first-order valence-electron chi connectivity index (χ1n) is 6.84. The quantitative estimate of drug-likeness (QED) is 0.780. The van der Waals surface area contributed by atoms with Crippen molar-refractivity contribution < 1.29 is 9.53 Å². The normalized spacial score (nSPS) is 20.2. The van der Waals surface area contributed by atoms with Gasteiger partial charge in [-0.3, -0.25) is 4.98 Å². The van der Waals surface area contributed by atoms with Crippen molar-refractivity contribution >= 4 is 6.09 Å². The van der Waals surface area contributed by atoms with Crippen molar-refractivity contribution in [2.24, 2.45) is 0 Å². The summed E-state index contributed by atoms with van der Waals surface area (Å²) in [6.07, 6.45) is 3.67. The van der Waals surface area contributed by atoms with Crippen molar-refractivity contribution in [3.8, 4) is 0 Å². The van der Waals surface area contributed by atoms with Crippen molar-refractivity contribution in [2.75, 3.05) is 13.1 Å². The highest BCUT2D eigenvalue weighted by atomic mass is 16.6. The Balaban J connectivity index is 2.00. The molecule has 1 atom stereocenters. The molecule has 19 heavy (non-hydrogen) atoms. The predicted molar refractivity (Wildman–Crippen MR) is 74.0 cm³/mol. The molecule has 0 aliphatic carbocycles. The SMILES string of the molecule is CC(C)(C)OC(=O)N1CCC[C@@H](c2ccccn2)C1. The van der Waals surface area contributed by atoms with E-state index in [1.807, 2.05) is 45.2 Å². The standard InChI is InChI=1S/C15H22N2O2/c1-15(2,3)19-14(18)17-10-6-7-12(11-17)13-8-4-5-9-16-13/h4-5,8-9,12H,6-7,10-11H2,1-3H3/t12-/m1/s1. The van der Waals surface area contributed by atoms with Gasteiger partial charge in [0.05, 0.1) is 0 Å². The number of rotatable bonds is 1. The average molecular weight is 262 g/mol. The van der Waals surface area contributed by atoms with E-state index in [0.717, 1.165) is 25.1 Å². The molecule has 2 heterocycles. The Hall–Kier alpha value is -1.58. The van der Waals surface area contributed by atoms with Crippen LogP contribution in [0.5, 0.6) is 0 Å². The molecule has 4 nitrogen and oxygen atoms in total. The minimum absolute atomic E-state index is 0.215. The molecule has 2 rings (SSSR count). The second kappa shape index (κ2) is 5.59. The second-order valence-corrected chi connectivity index (χ2v) is 6.02. The van der Waals surface area contributed by atoms with Crippen molar-refractivity contribution in [3.63, 3.8) is 0 Å². The van der Waals surface area contributed by atoms with Crippen LogP contribution in [0.25, 0.3) is 0 Å². The molecule has 0 saturated carbocycles. The second-order valence-electron chi connectivity index (χ2n) is 6.02. The van der Waals surface area contributed by atoms with E-state index in [1.54, 1.807) is 4.90 Å². The zero-order valence-electron chi connectivity index (χ0n) is 11.9. The molecular weight excluding hydrogens is 240 g/mol. The number of aromatic nitrogens is 1. The van der Waals surface area contributed by atoms with Gasteiger partial charge in [-0.1, -0.05) is 6.07 Å². The minimum atomic E-state index is -0.435. The maximum Gasteiger partial charge on any atom is 0.410 e. The van der Waals surface area contributed by atoms with E-state index < -0.39 is 5.60 Å². The highest BCUT2D eigenvalue weighted by Crippen LogP contribution is 2.26. The highest BCUT2D eigenvalue weighted by Gasteiger charge is 2.28. The zero-order chi connectivity index (χ0) is 13.9. The molecule has 1 aromatic heterocycles. The molecule has 1 aliphatic rings. The van der Waals surface area contributed by atoms with Crippen LogP contribution in [0.2, 0.25) is 0 Å². The molecule has 0 radical (unpaired) electrons. The Morgan fingerprint density at radius 1 is 1.42 bits per heavy atom. The molecule has 0 bridgehead atoms. The Labute approximate surface area is 114 Å². The maximum absolute atomic E-state index is 12.1. The van der Waals surface area contributed by atoms with Gasteiger partial charge in [-0.05, 0) is 45.7 Å². The monoisotopic (exact) mass is 262 g/mol. The van der Waals surface area contributed by atoms with Crippen LogP contribution >= 0.6 is 0 Å². The first-order chi connectivity index (χ1) is 8.96. The minimum Gasteiger partial charge on any atom is -0.444 e. The summed E-state index contributed by atoms with van der Waals surface area (Å²) >= 11 is 0. The Morgan fingerprint density at radius 3 is 2.84 bits per heavy atom. The smallest absolute Gasteiger partial charge is 0.410 e. The Bertz CT molecular complexity index is 426. The topological polar surface area (TPSA) is 42.4 Å². The molecular formula is C15H22N2O2. The first-order valence-corrected chi connectivity index (χ1v) is 6.84. The Kier molecular flexibility index (Phi) is 4.08. The lowest BCUT2D eigenvalue weighted by molar-refractivity contribution is 0.0197. The summed E-state index contributed by atoms with van der Waals surface area (Å²) < 4.78 is 5.43. The highest BCUT2D eigenvalue weighted by molar-refractivity contribution is 5.68. The number of likely N-dealkylation sites (tertiary alicyclic amines) is 1. The molecule has 4 heteroatoms. The van der Waals surface area contributed by atoms with Crippen molar-refractivity contribution in [2.45, 2.75) is 45.1 Å². The average Bonchev–Trinajstić information content (AvgIpc) is 2.38. The molecule has 0 unspecified atom stereocenters. The fourth-order valence-corrected chi connectivity index (χ4v) is 2.33. The number of hydrogen-bond donors (Lipinski definition) is 0. The van der Waals surface area contributed by atoms with Gasteiger partial charge in [0.25, 0.3) is 0 Å². The molecule has 1 saturated heterocycles. The van der Waals surface area contributed by atoms with Gasteiger partial charge in [0, 0.05) is 30.9 Å². The summed E-state index contributed by atoms with van der Waals surface area (Å²) in [6.45, 7) is 7.16. The summed E-state index contributed by atoms with van der Waals surface area (Å²) in [6, 6.07) is 5.94. The van der Waals surface area contributed by atoms with Crippen LogP contribution in [-0.2, 0) is 4.74 Å². The number of carbonyl (C=O) groups is 1. The van der Waals surface area contributed by atoms with Crippen LogP contribution < -0.4 is 0 Å². The number of piperidine rings is 1. The van der Waals surface area contributed by atoms with E-state index in [4.69, 9.17) is 4.74 Å². The molecule has 0 N–H and O–H groups in total. The van der Waals surface area contributed by atoms with E-state index in [9.17, 15) is 4.79 Å². The van der Waals surface area contributed by atoms with Gasteiger partial charge in [-0.15, -0.1) is 0 Å². The summed E-state index contributed by atoms with van der Waals surface area (Å²) in [5, 5.41) is 0. The maximum atomic E-state index is 12.1. The molecule has 0 spiro atoms. The summed E-state index contributed by atoms with van der Waals surface area (Å²) in [5.74, 6) is 0.322. The molecule has 0 aromatic carbocycles. The van der Waals surface area contributed by atoms with Crippen molar-refractivity contribution in [1.29, 1.82) is 0 Å². The third-order valence-electron chi connectivity index (χ3n) is 3.18. The van der Waals surface area contributed by atoms with Crippen LogP contribution in [0.3, 0.4) is 0 Å². The van der Waals surface area contributed by atoms with Gasteiger partial charge in [0.2, 0.25) is 0 Å². The van der Waals surface area contributed by atoms with Crippen molar-refractivity contribution in [1.82, 2.24) is 9.88 Å². The zero-order valence-corrected chi connectivity index (χ0v) is 11.9. The summed E-state index contributed by atoms with van der Waals surface area (Å²) in [5.41, 5.74) is 0.630. The lowest BCUT2D eigenvalue weighted by Crippen LogP contribution is -2.42. The third kappa shape index (κ3) is 3.94. The number of pyridine rings is 1. The van der Waals surface area contributed by atoms with Gasteiger partial charge in [-0.25, -0.2) is 4.79 Å². The fourth-order valence-electron chi connectivity index (χ4n) is 2.33. The summed E-state index contributed by atoms with van der Waals surface area (Å²) in [7, 11) is 0. The number of nitrogens with zero attached hydrogens (tertiary/aromatic N) is 2. The van der Waals surface area contributed by atoms with Crippen LogP contribution in [0.4, 0.5) is 4.79 Å². The largest absolute Gasteiger partial charge is 0.444 e. The molecule has 104 valence electrons. The van der Waals surface area contributed by atoms with Crippen LogP contribution in [0, 0.1) is 0 Å². The fraction of sp³-hybridized carbons (Fsp3) is 0.600. The van der Waals surface area contributed by atoms with E-state index in [2.05, 4.69) is 4.98 Å². The number of hydrogen-bond acceptors (Lipinski definition) is 3. The molecule has 1 fully saturated rings. The van der Waals surface area contributed by atoms with E-state index in [-0.39, 0.29) is 6.09 Å². The molecule has 1 aliphatic heterocycles. The van der Waals surface area contributed by atoms with Gasteiger partial charge in [0.15, 0.2) is 0 Å². The van der Waals surface area contributed by atoms with Crippen LogP contribution in [-0.4, -0.2) is 34.7 Å². The predicted octanol–water partition coefficient (Wildman–Crippen LogP) is 3.20. The first kappa shape index (κ1) is 13.8. The van der Waals surface area contributed by atoms with E-state index >= 15 is 0 Å². The molecule has 1 amide bonds. The summed E-state index contributed by atoms with van der Waals surface area (Å²) in [4.78, 5) is 18.3. The van der Waals surface area contributed by atoms with E-state index in [0.29, 0.717) is 12.5 Å². The lowest BCUT2D eigenvalue weighted by atomic mass is 9.94. The van der Waals surface area contributed by atoms with Crippen molar-refractivity contribution in [3.05, 3.63) is 30.1 Å². The van der Waals surface area contributed by atoms with Gasteiger partial charge in [-0.2, -0.15) is 0 Å². The number of amides is 1. The van der Waals surface area contributed by atoms with Crippen LogP contribution in [0.1, 0.15) is 45.2 Å². The number of carbonyl (C=O) groups excluding carboxylic acids is 1. The van der Waals surface area contributed by atoms with Gasteiger partial charge >= 0.3 is 6.09 Å². The third-order valence-corrected chi connectivity index (χ3v) is 3.18. The van der Waals surface area contributed by atoms with Gasteiger partial charge in [0.1, 0.15) is 5.60 Å². The van der Waals surface area contributed by atoms with Crippen LogP contribution in [0.15, 0.2) is 24.4 Å². The molecule has 1 aromatic rings. The number of ether oxygens (including phenoxy) is 1. The Morgan fingerprint density at radius 2 is 2.21 bits per heavy atom. The van der Waals surface area contributed by atoms with E-state index in [1.165, 1.54) is 0 Å². The van der Waals surface area contributed by atoms with Gasteiger partial charge < -0.3 is 9.64 Å². The lowest BCUT2D eigenvalue weighted by Gasteiger charge is -2.33.